The third-order valence-corrected chi connectivity index (χ3v) is 4.82. The molecule has 0 spiro atoms. The average Bonchev–Trinajstić information content (AvgIpc) is 2.65. The number of nitrogens with one attached hydrogen (secondary N) is 2. The lowest BCUT2D eigenvalue weighted by Crippen LogP contribution is -2.28. The van der Waals surface area contributed by atoms with E-state index in [1.54, 1.807) is 50.4 Å². The molecule has 1 amide bonds. The molecule has 7 nitrogen and oxygen atoms in total. The van der Waals surface area contributed by atoms with Crippen LogP contribution in [0.4, 0.5) is 5.69 Å². The highest BCUT2D eigenvalue weighted by Gasteiger charge is 2.09. The molecule has 0 saturated heterocycles. The van der Waals surface area contributed by atoms with Gasteiger partial charge in [-0.2, -0.15) is 0 Å². The molecule has 2 rings (SSSR count). The number of carbonyl (C=O) groups excluding carboxylic acids is 1. The highest BCUT2D eigenvalue weighted by molar-refractivity contribution is 7.92. The van der Waals surface area contributed by atoms with Gasteiger partial charge < -0.3 is 14.8 Å². The Balaban J connectivity index is 1.82. The first-order valence-corrected chi connectivity index (χ1v) is 9.75. The molecule has 0 atom stereocenters. The monoisotopic (exact) mass is 378 g/mol. The van der Waals surface area contributed by atoms with Crippen LogP contribution in [0.15, 0.2) is 48.5 Å². The Bertz CT molecular complexity index is 835. The van der Waals surface area contributed by atoms with Crippen LogP contribution >= 0.6 is 0 Å². The summed E-state index contributed by atoms with van der Waals surface area (Å²) in [7, 11) is -1.77. The van der Waals surface area contributed by atoms with Gasteiger partial charge >= 0.3 is 0 Å². The fraction of sp³-hybridized carbons (Fsp3) is 0.278. The molecule has 0 aliphatic heterocycles. The van der Waals surface area contributed by atoms with Crippen molar-refractivity contribution in [3.05, 3.63) is 54.1 Å². The number of para-hydroxylation sites is 2. The molecule has 140 valence electrons. The molecule has 2 aromatic carbocycles. The van der Waals surface area contributed by atoms with E-state index in [-0.39, 0.29) is 11.7 Å². The Kier molecular flexibility index (Phi) is 6.85. The van der Waals surface area contributed by atoms with Gasteiger partial charge in [0.05, 0.1) is 19.4 Å². The van der Waals surface area contributed by atoms with Gasteiger partial charge in [0.1, 0.15) is 6.61 Å². The first-order chi connectivity index (χ1) is 12.4. The number of benzene rings is 2. The molecular formula is C18H22N2O5S. The van der Waals surface area contributed by atoms with Crippen LogP contribution in [0, 0.1) is 0 Å². The molecule has 0 aliphatic carbocycles. The topological polar surface area (TPSA) is 93.7 Å². The van der Waals surface area contributed by atoms with Crippen molar-refractivity contribution in [2.75, 3.05) is 30.7 Å². The van der Waals surface area contributed by atoms with Crippen LogP contribution in [0.1, 0.15) is 17.3 Å². The van der Waals surface area contributed by atoms with Crippen LogP contribution in [0.5, 0.6) is 11.5 Å². The Labute approximate surface area is 153 Å². The van der Waals surface area contributed by atoms with Crippen LogP contribution in [0.25, 0.3) is 0 Å². The second-order valence-electron chi connectivity index (χ2n) is 5.34. The number of ether oxygens (including phenoxy) is 2. The number of amides is 1. The normalized spacial score (nSPS) is 10.8. The van der Waals surface area contributed by atoms with Gasteiger partial charge in [0.15, 0.2) is 11.5 Å². The van der Waals surface area contributed by atoms with E-state index in [4.69, 9.17) is 9.47 Å². The predicted octanol–water partition coefficient (Wildman–Crippen LogP) is 2.27. The van der Waals surface area contributed by atoms with Crippen molar-refractivity contribution in [2.24, 2.45) is 0 Å². The predicted molar refractivity (Wildman–Crippen MR) is 100 cm³/mol. The summed E-state index contributed by atoms with van der Waals surface area (Å²) in [6.45, 7) is 2.17. The maximum atomic E-state index is 12.1. The summed E-state index contributed by atoms with van der Waals surface area (Å²) in [5, 5.41) is 2.74. The molecule has 0 heterocycles. The Morgan fingerprint density at radius 2 is 1.69 bits per heavy atom. The number of anilines is 1. The fourth-order valence-corrected chi connectivity index (χ4v) is 2.75. The SMILES string of the molecule is CCS(=O)(=O)Nc1ccc(C(=O)NCCOc2ccccc2OC)cc1. The minimum absolute atomic E-state index is 0.0125. The molecule has 2 N–H and O–H groups in total. The van der Waals surface area contributed by atoms with E-state index in [0.29, 0.717) is 35.9 Å². The summed E-state index contributed by atoms with van der Waals surface area (Å²) < 4.78 is 36.2. The van der Waals surface area contributed by atoms with Gasteiger partial charge in [-0.05, 0) is 43.3 Å². The van der Waals surface area contributed by atoms with E-state index >= 15 is 0 Å². The number of rotatable bonds is 9. The lowest BCUT2D eigenvalue weighted by molar-refractivity contribution is 0.0947. The van der Waals surface area contributed by atoms with Crippen LogP contribution in [0.3, 0.4) is 0 Å². The summed E-state index contributed by atoms with van der Waals surface area (Å²) in [5.74, 6) is 0.959. The molecule has 26 heavy (non-hydrogen) atoms. The largest absolute Gasteiger partial charge is 0.493 e. The van der Waals surface area contributed by atoms with E-state index in [1.165, 1.54) is 0 Å². The lowest BCUT2D eigenvalue weighted by atomic mass is 10.2. The second-order valence-corrected chi connectivity index (χ2v) is 7.35. The molecule has 8 heteroatoms. The summed E-state index contributed by atoms with van der Waals surface area (Å²) in [6, 6.07) is 13.5. The Hall–Kier alpha value is -2.74. The highest BCUT2D eigenvalue weighted by atomic mass is 32.2. The molecule has 2 aromatic rings. The zero-order valence-corrected chi connectivity index (χ0v) is 15.5. The van der Waals surface area contributed by atoms with E-state index in [2.05, 4.69) is 10.0 Å². The maximum absolute atomic E-state index is 12.1. The minimum Gasteiger partial charge on any atom is -0.493 e. The van der Waals surface area contributed by atoms with Crippen molar-refractivity contribution >= 4 is 21.6 Å². The van der Waals surface area contributed by atoms with E-state index in [0.717, 1.165) is 0 Å². The van der Waals surface area contributed by atoms with Crippen molar-refractivity contribution < 1.29 is 22.7 Å². The minimum atomic E-state index is -3.33. The van der Waals surface area contributed by atoms with E-state index < -0.39 is 10.0 Å². The molecule has 0 aromatic heterocycles. The molecule has 0 aliphatic rings. The van der Waals surface area contributed by atoms with Crippen molar-refractivity contribution in [1.29, 1.82) is 0 Å². The number of sulfonamides is 1. The average molecular weight is 378 g/mol. The van der Waals surface area contributed by atoms with Gasteiger partial charge in [-0.25, -0.2) is 8.42 Å². The fourth-order valence-electron chi connectivity index (χ4n) is 2.11. The summed E-state index contributed by atoms with van der Waals surface area (Å²) in [5.41, 5.74) is 0.852. The number of methoxy groups -OCH3 is 1. The molecular weight excluding hydrogens is 356 g/mol. The van der Waals surface area contributed by atoms with Gasteiger partial charge in [0.2, 0.25) is 10.0 Å². The van der Waals surface area contributed by atoms with Crippen LogP contribution < -0.4 is 19.5 Å². The van der Waals surface area contributed by atoms with Gasteiger partial charge in [-0.15, -0.1) is 0 Å². The molecule has 0 unspecified atom stereocenters. The zero-order chi connectivity index (χ0) is 19.0. The third kappa shape index (κ3) is 5.66. The van der Waals surface area contributed by atoms with Crippen molar-refractivity contribution in [3.63, 3.8) is 0 Å². The quantitative estimate of drug-likeness (QED) is 0.653. The van der Waals surface area contributed by atoms with Gasteiger partial charge in [-0.1, -0.05) is 12.1 Å². The van der Waals surface area contributed by atoms with Crippen LogP contribution in [-0.4, -0.2) is 40.3 Å². The van der Waals surface area contributed by atoms with Gasteiger partial charge in [-0.3, -0.25) is 9.52 Å². The maximum Gasteiger partial charge on any atom is 0.251 e. The van der Waals surface area contributed by atoms with E-state index in [9.17, 15) is 13.2 Å². The van der Waals surface area contributed by atoms with E-state index in [1.807, 2.05) is 12.1 Å². The summed E-state index contributed by atoms with van der Waals surface area (Å²) in [4.78, 5) is 12.1. The second kappa shape index (κ2) is 9.10. The van der Waals surface area contributed by atoms with Crippen molar-refractivity contribution in [3.8, 4) is 11.5 Å². The lowest BCUT2D eigenvalue weighted by Gasteiger charge is -2.11. The summed E-state index contributed by atoms with van der Waals surface area (Å²) >= 11 is 0. The summed E-state index contributed by atoms with van der Waals surface area (Å²) in [6.07, 6.45) is 0. The molecule has 0 fully saturated rings. The van der Waals surface area contributed by atoms with Crippen LogP contribution in [-0.2, 0) is 10.0 Å². The first-order valence-electron chi connectivity index (χ1n) is 8.09. The standard InChI is InChI=1S/C18H22N2O5S/c1-3-26(22,23)20-15-10-8-14(9-11-15)18(21)19-12-13-25-17-7-5-4-6-16(17)24-2/h4-11,20H,3,12-13H2,1-2H3,(H,19,21). The highest BCUT2D eigenvalue weighted by Crippen LogP contribution is 2.25. The van der Waals surface area contributed by atoms with Crippen molar-refractivity contribution in [2.45, 2.75) is 6.92 Å². The Morgan fingerprint density at radius 3 is 2.31 bits per heavy atom. The number of hydrogen-bond donors (Lipinski definition) is 2. The van der Waals surface area contributed by atoms with Crippen LogP contribution in [0.2, 0.25) is 0 Å². The van der Waals surface area contributed by atoms with Gasteiger partial charge in [0, 0.05) is 11.3 Å². The zero-order valence-electron chi connectivity index (χ0n) is 14.7. The Morgan fingerprint density at radius 1 is 1.04 bits per heavy atom. The van der Waals surface area contributed by atoms with Crippen molar-refractivity contribution in [1.82, 2.24) is 5.32 Å². The third-order valence-electron chi connectivity index (χ3n) is 3.51. The van der Waals surface area contributed by atoms with Gasteiger partial charge in [0.25, 0.3) is 5.91 Å². The first kappa shape index (κ1) is 19.6. The molecule has 0 bridgehead atoms. The molecule has 0 saturated carbocycles. The number of hydrogen-bond acceptors (Lipinski definition) is 5. The number of carbonyl (C=O) groups is 1. The smallest absolute Gasteiger partial charge is 0.251 e. The molecule has 0 radical (unpaired) electrons.